The number of benzene rings is 1. The highest BCUT2D eigenvalue weighted by Crippen LogP contribution is 2.37. The molecule has 1 aliphatic carbocycles. The van der Waals surface area contributed by atoms with Crippen molar-refractivity contribution in [3.63, 3.8) is 0 Å². The van der Waals surface area contributed by atoms with Crippen LogP contribution in [-0.4, -0.2) is 12.6 Å². The third-order valence-electron chi connectivity index (χ3n) is 2.78. The lowest BCUT2D eigenvalue weighted by molar-refractivity contribution is 0.300. The summed E-state index contributed by atoms with van der Waals surface area (Å²) in [4.78, 5) is 0. The lowest BCUT2D eigenvalue weighted by atomic mass is 10.1. The van der Waals surface area contributed by atoms with Crippen LogP contribution in [0.1, 0.15) is 25.3 Å². The van der Waals surface area contributed by atoms with Gasteiger partial charge in [-0.05, 0) is 49.8 Å². The van der Waals surface area contributed by atoms with Crippen molar-refractivity contribution in [3.8, 4) is 5.75 Å². The smallest absolute Gasteiger partial charge is 0.156 e. The molecule has 2 N–H and O–H groups in total. The first-order valence-electron chi connectivity index (χ1n) is 5.92. The Morgan fingerprint density at radius 2 is 1.94 bits per heavy atom. The van der Waals surface area contributed by atoms with Crippen molar-refractivity contribution < 1.29 is 4.74 Å². The monoisotopic (exact) mass is 273 g/mol. The van der Waals surface area contributed by atoms with Crippen molar-refractivity contribution >= 4 is 23.2 Å². The molecule has 1 aromatic carbocycles. The van der Waals surface area contributed by atoms with Gasteiger partial charge in [-0.3, -0.25) is 0 Å². The molecule has 1 saturated carbocycles. The Labute approximate surface area is 112 Å². The Bertz CT molecular complexity index is 379. The first kappa shape index (κ1) is 13.0. The van der Waals surface area contributed by atoms with Crippen molar-refractivity contribution in [2.75, 3.05) is 6.61 Å². The lowest BCUT2D eigenvalue weighted by Crippen LogP contribution is -2.17. The number of rotatable bonds is 5. The number of hydrogen-bond donors (Lipinski definition) is 1. The first-order chi connectivity index (χ1) is 8.06. The van der Waals surface area contributed by atoms with E-state index in [4.69, 9.17) is 33.7 Å². The molecule has 0 spiro atoms. The average Bonchev–Trinajstić information content (AvgIpc) is 2.98. The summed E-state index contributed by atoms with van der Waals surface area (Å²) in [6.45, 7) is 2.67. The average molecular weight is 274 g/mol. The van der Waals surface area contributed by atoms with Crippen LogP contribution in [0.5, 0.6) is 5.75 Å². The molecule has 2 nitrogen and oxygen atoms in total. The zero-order chi connectivity index (χ0) is 12.4. The molecule has 0 aromatic heterocycles. The molecular weight excluding hydrogens is 257 g/mol. The molecule has 0 heterocycles. The van der Waals surface area contributed by atoms with Gasteiger partial charge < -0.3 is 10.5 Å². The van der Waals surface area contributed by atoms with Crippen molar-refractivity contribution in [2.24, 2.45) is 11.7 Å². The molecule has 1 fully saturated rings. The summed E-state index contributed by atoms with van der Waals surface area (Å²) in [5.74, 6) is 1.29. The molecular formula is C13H17Cl2NO. The highest BCUT2D eigenvalue weighted by Gasteiger charge is 2.23. The minimum absolute atomic E-state index is 0.0976. The molecule has 1 unspecified atom stereocenters. The van der Waals surface area contributed by atoms with Gasteiger partial charge in [-0.1, -0.05) is 23.2 Å². The fourth-order valence-electron chi connectivity index (χ4n) is 1.73. The van der Waals surface area contributed by atoms with Crippen LogP contribution in [0.25, 0.3) is 0 Å². The predicted molar refractivity (Wildman–Crippen MR) is 72.0 cm³/mol. The summed E-state index contributed by atoms with van der Waals surface area (Å²) in [6, 6.07) is 3.87. The molecule has 0 aliphatic heterocycles. The van der Waals surface area contributed by atoms with Gasteiger partial charge in [0.2, 0.25) is 0 Å². The molecule has 2 rings (SSSR count). The van der Waals surface area contributed by atoms with Gasteiger partial charge in [0.25, 0.3) is 0 Å². The van der Waals surface area contributed by atoms with E-state index in [2.05, 4.69) is 0 Å². The van der Waals surface area contributed by atoms with E-state index in [9.17, 15) is 0 Å². The van der Waals surface area contributed by atoms with Gasteiger partial charge in [-0.2, -0.15) is 0 Å². The van der Waals surface area contributed by atoms with Gasteiger partial charge in [0.1, 0.15) is 0 Å². The highest BCUT2D eigenvalue weighted by molar-refractivity contribution is 6.37. The first-order valence-corrected chi connectivity index (χ1v) is 6.68. The normalized spacial score (nSPS) is 16.9. The van der Waals surface area contributed by atoms with Gasteiger partial charge in [0.05, 0.1) is 16.7 Å². The Hall–Kier alpha value is -0.440. The number of hydrogen-bond acceptors (Lipinski definition) is 2. The summed E-state index contributed by atoms with van der Waals surface area (Å²) in [5, 5.41) is 1.16. The topological polar surface area (TPSA) is 35.2 Å². The van der Waals surface area contributed by atoms with Gasteiger partial charge >= 0.3 is 0 Å². The zero-order valence-corrected chi connectivity index (χ0v) is 11.4. The Balaban J connectivity index is 2.09. The van der Waals surface area contributed by atoms with Crippen LogP contribution in [0.2, 0.25) is 10.0 Å². The van der Waals surface area contributed by atoms with E-state index >= 15 is 0 Å². The quantitative estimate of drug-likeness (QED) is 0.889. The second kappa shape index (κ2) is 5.47. The van der Waals surface area contributed by atoms with Crippen LogP contribution in [0.4, 0.5) is 0 Å². The van der Waals surface area contributed by atoms with Gasteiger partial charge in [0, 0.05) is 6.04 Å². The summed E-state index contributed by atoms with van der Waals surface area (Å²) >= 11 is 12.3. The van der Waals surface area contributed by atoms with E-state index in [1.165, 1.54) is 12.8 Å². The largest absolute Gasteiger partial charge is 0.490 e. The van der Waals surface area contributed by atoms with Gasteiger partial charge in [-0.25, -0.2) is 0 Å². The number of halogens is 2. The molecule has 0 radical (unpaired) electrons. The van der Waals surface area contributed by atoms with E-state index in [0.29, 0.717) is 28.3 Å². The maximum Gasteiger partial charge on any atom is 0.156 e. The van der Waals surface area contributed by atoms with Crippen LogP contribution in [0.3, 0.4) is 0 Å². The third kappa shape index (κ3) is 3.77. The minimum atomic E-state index is 0.0976. The van der Waals surface area contributed by atoms with Crippen LogP contribution in [0.15, 0.2) is 12.1 Å². The second-order valence-corrected chi connectivity index (χ2v) is 5.64. The predicted octanol–water partition coefficient (Wildman–Crippen LogP) is 3.67. The van der Waals surface area contributed by atoms with Crippen molar-refractivity contribution in [3.05, 3.63) is 27.7 Å². The van der Waals surface area contributed by atoms with E-state index < -0.39 is 0 Å². The van der Waals surface area contributed by atoms with E-state index in [-0.39, 0.29) is 6.04 Å². The van der Waals surface area contributed by atoms with Crippen LogP contribution >= 0.6 is 23.2 Å². The SMILES string of the molecule is CC(N)Cc1cc(Cl)c(OCC2CC2)c(Cl)c1. The standard InChI is InChI=1S/C13H17Cl2NO/c1-8(16)4-10-5-11(14)13(12(15)6-10)17-7-9-2-3-9/h5-6,8-9H,2-4,7,16H2,1H3. The Morgan fingerprint density at radius 3 is 2.41 bits per heavy atom. The molecule has 1 aromatic rings. The van der Waals surface area contributed by atoms with E-state index in [1.807, 2.05) is 19.1 Å². The molecule has 0 amide bonds. The summed E-state index contributed by atoms with van der Waals surface area (Å²) in [6.07, 6.45) is 3.26. The maximum atomic E-state index is 6.17. The number of ether oxygens (including phenoxy) is 1. The Kier molecular flexibility index (Phi) is 4.18. The van der Waals surface area contributed by atoms with Crippen molar-refractivity contribution in [1.82, 2.24) is 0 Å². The van der Waals surface area contributed by atoms with Crippen LogP contribution < -0.4 is 10.5 Å². The summed E-state index contributed by atoms with van der Waals surface area (Å²) < 4.78 is 5.66. The molecule has 1 aliphatic rings. The zero-order valence-electron chi connectivity index (χ0n) is 9.88. The molecule has 1 atom stereocenters. The van der Waals surface area contributed by atoms with Crippen molar-refractivity contribution in [2.45, 2.75) is 32.2 Å². The van der Waals surface area contributed by atoms with Crippen molar-refractivity contribution in [1.29, 1.82) is 0 Å². The molecule has 17 heavy (non-hydrogen) atoms. The summed E-state index contributed by atoms with van der Waals surface area (Å²) in [7, 11) is 0. The molecule has 94 valence electrons. The van der Waals surface area contributed by atoms with Gasteiger partial charge in [0.15, 0.2) is 5.75 Å². The minimum Gasteiger partial charge on any atom is -0.490 e. The second-order valence-electron chi connectivity index (χ2n) is 4.82. The summed E-state index contributed by atoms with van der Waals surface area (Å²) in [5.41, 5.74) is 6.80. The van der Waals surface area contributed by atoms with Gasteiger partial charge in [-0.15, -0.1) is 0 Å². The van der Waals surface area contributed by atoms with Crippen LogP contribution in [-0.2, 0) is 6.42 Å². The number of nitrogens with two attached hydrogens (primary N) is 1. The molecule has 0 bridgehead atoms. The van der Waals surface area contributed by atoms with E-state index in [0.717, 1.165) is 12.0 Å². The fraction of sp³-hybridized carbons (Fsp3) is 0.538. The highest BCUT2D eigenvalue weighted by atomic mass is 35.5. The van der Waals surface area contributed by atoms with Crippen LogP contribution in [0, 0.1) is 5.92 Å². The maximum absolute atomic E-state index is 6.17. The fourth-order valence-corrected chi connectivity index (χ4v) is 2.37. The molecule has 0 saturated heterocycles. The molecule has 4 heteroatoms. The third-order valence-corrected chi connectivity index (χ3v) is 3.34. The Morgan fingerprint density at radius 1 is 1.35 bits per heavy atom. The lowest BCUT2D eigenvalue weighted by Gasteiger charge is -2.12. The van der Waals surface area contributed by atoms with E-state index in [1.54, 1.807) is 0 Å².